The fourth-order valence-electron chi connectivity index (χ4n) is 4.17. The molecule has 4 rings (SSSR count). The zero-order valence-electron chi connectivity index (χ0n) is 14.9. The van der Waals surface area contributed by atoms with Crippen LogP contribution in [0.25, 0.3) is 10.9 Å². The Hall–Kier alpha value is -1.66. The molecule has 2 heterocycles. The van der Waals surface area contributed by atoms with Gasteiger partial charge in [0.25, 0.3) is 0 Å². The van der Waals surface area contributed by atoms with Gasteiger partial charge in [-0.2, -0.15) is 8.78 Å². The lowest BCUT2D eigenvalue weighted by Gasteiger charge is -2.16. The summed E-state index contributed by atoms with van der Waals surface area (Å²) in [6.45, 7) is -0.422. The number of hydrogen-bond donors (Lipinski definition) is 1. The molecule has 0 radical (unpaired) electrons. The molecular weight excluding hydrogens is 338 g/mol. The van der Waals surface area contributed by atoms with Gasteiger partial charge in [-0.15, -0.1) is 0 Å². The van der Waals surface area contributed by atoms with Gasteiger partial charge >= 0.3 is 6.61 Å². The number of H-pyrrole nitrogens is 1. The maximum atomic E-state index is 12.3. The van der Waals surface area contributed by atoms with Crippen LogP contribution in [-0.2, 0) is 11.2 Å². The number of alkyl halides is 2. The van der Waals surface area contributed by atoms with E-state index in [4.69, 9.17) is 4.74 Å². The molecule has 1 atom stereocenters. The molecule has 6 heteroatoms. The molecule has 1 N–H and O–H groups in total. The van der Waals surface area contributed by atoms with Gasteiger partial charge in [-0.05, 0) is 62.3 Å². The fourth-order valence-corrected chi connectivity index (χ4v) is 4.17. The van der Waals surface area contributed by atoms with Crippen LogP contribution >= 0.6 is 0 Å². The van der Waals surface area contributed by atoms with E-state index in [9.17, 15) is 8.78 Å². The average Bonchev–Trinajstić information content (AvgIpc) is 3.34. The lowest BCUT2D eigenvalue weighted by molar-refractivity contribution is -0.158. The number of nitrogens with one attached hydrogen (secondary N) is 1. The maximum absolute atomic E-state index is 12.3. The predicted molar refractivity (Wildman–Crippen MR) is 96.8 cm³/mol. The summed E-state index contributed by atoms with van der Waals surface area (Å²) in [4.78, 5) is 5.52. The molecular formula is C20H26F2N2O2. The summed E-state index contributed by atoms with van der Waals surface area (Å²) in [6.07, 6.45) is 8.43. The topological polar surface area (TPSA) is 37.5 Å². The first kappa shape index (κ1) is 17.7. The Labute approximate surface area is 152 Å². The summed E-state index contributed by atoms with van der Waals surface area (Å²) in [6, 6.07) is 6.24. The molecule has 26 heavy (non-hydrogen) atoms. The Kier molecular flexibility index (Phi) is 5.41. The number of likely N-dealkylation sites (tertiary alicyclic amines) is 1. The van der Waals surface area contributed by atoms with Crippen molar-refractivity contribution >= 4 is 10.9 Å². The van der Waals surface area contributed by atoms with Crippen molar-refractivity contribution in [1.82, 2.24) is 9.88 Å². The van der Waals surface area contributed by atoms with E-state index >= 15 is 0 Å². The average molecular weight is 364 g/mol. The Morgan fingerprint density at radius 3 is 2.81 bits per heavy atom. The van der Waals surface area contributed by atoms with Crippen LogP contribution in [0.1, 0.15) is 37.7 Å². The van der Waals surface area contributed by atoms with Crippen LogP contribution in [-0.4, -0.2) is 48.3 Å². The third-order valence-electron chi connectivity index (χ3n) is 5.57. The lowest BCUT2D eigenvalue weighted by Crippen LogP contribution is -2.26. The van der Waals surface area contributed by atoms with E-state index in [1.54, 1.807) is 0 Å². The van der Waals surface area contributed by atoms with Crippen LogP contribution < -0.4 is 4.74 Å². The summed E-state index contributed by atoms with van der Waals surface area (Å²) >= 11 is 0. The maximum Gasteiger partial charge on any atom is 0.345 e. The lowest BCUT2D eigenvalue weighted by atomic mass is 10.1. The van der Waals surface area contributed by atoms with Crippen LogP contribution in [0.2, 0.25) is 0 Å². The molecule has 2 aromatic rings. The molecule has 1 saturated carbocycles. The van der Waals surface area contributed by atoms with Gasteiger partial charge in [0.05, 0.1) is 12.2 Å². The zero-order valence-corrected chi connectivity index (χ0v) is 14.9. The van der Waals surface area contributed by atoms with Gasteiger partial charge < -0.3 is 19.4 Å². The highest BCUT2D eigenvalue weighted by Gasteiger charge is 2.25. The second kappa shape index (κ2) is 7.92. The number of nitrogens with zero attached hydrogens (tertiary/aromatic N) is 1. The molecule has 0 spiro atoms. The number of hydrogen-bond acceptors (Lipinski definition) is 3. The van der Waals surface area contributed by atoms with Crippen LogP contribution in [0.4, 0.5) is 8.78 Å². The normalized spacial score (nSPS) is 22.0. The number of benzene rings is 1. The summed E-state index contributed by atoms with van der Waals surface area (Å²) in [7, 11) is 0. The third-order valence-corrected chi connectivity index (χ3v) is 5.57. The van der Waals surface area contributed by atoms with Gasteiger partial charge in [0.2, 0.25) is 0 Å². The van der Waals surface area contributed by atoms with Crippen molar-refractivity contribution in [3.8, 4) is 5.75 Å². The van der Waals surface area contributed by atoms with E-state index < -0.39 is 6.61 Å². The number of halogens is 2. The molecule has 142 valence electrons. The van der Waals surface area contributed by atoms with E-state index in [0.717, 1.165) is 43.6 Å². The minimum atomic E-state index is -2.67. The smallest absolute Gasteiger partial charge is 0.345 e. The van der Waals surface area contributed by atoms with Crippen LogP contribution in [0.15, 0.2) is 24.4 Å². The number of aromatic nitrogens is 1. The van der Waals surface area contributed by atoms with Gasteiger partial charge in [-0.25, -0.2) is 0 Å². The van der Waals surface area contributed by atoms with Crippen LogP contribution in [0.3, 0.4) is 0 Å². The van der Waals surface area contributed by atoms with Gasteiger partial charge in [-0.1, -0.05) is 0 Å². The first-order valence-electron chi connectivity index (χ1n) is 9.60. The second-order valence-corrected chi connectivity index (χ2v) is 7.40. The van der Waals surface area contributed by atoms with E-state index in [-0.39, 0.29) is 6.10 Å². The second-order valence-electron chi connectivity index (χ2n) is 7.40. The molecule has 0 unspecified atom stereocenters. The largest absolute Gasteiger partial charge is 0.490 e. The quantitative estimate of drug-likeness (QED) is 0.794. The van der Waals surface area contributed by atoms with E-state index in [1.807, 2.05) is 12.3 Å². The van der Waals surface area contributed by atoms with Crippen LogP contribution in [0.5, 0.6) is 5.75 Å². The summed E-state index contributed by atoms with van der Waals surface area (Å²) in [5, 5.41) is 1.19. The molecule has 2 fully saturated rings. The number of fused-ring (bicyclic) bond motifs is 1. The van der Waals surface area contributed by atoms with Crippen molar-refractivity contribution in [1.29, 1.82) is 0 Å². The molecule has 1 aliphatic carbocycles. The number of rotatable bonds is 7. The van der Waals surface area contributed by atoms with Gasteiger partial charge in [0.1, 0.15) is 5.75 Å². The van der Waals surface area contributed by atoms with E-state index in [2.05, 4.69) is 26.8 Å². The standard InChI is InChI=1S/C20H26F2N2O2/c21-20(22)26-17-8-10-24(13-17)9-7-14-12-23-19-6-5-16(11-18(14)19)25-15-3-1-2-4-15/h5-6,11-12,15,17,20,23H,1-4,7-10,13H2/t17-/m0/s1. The summed E-state index contributed by atoms with van der Waals surface area (Å²) in [5.74, 6) is 0.941. The highest BCUT2D eigenvalue weighted by molar-refractivity contribution is 5.84. The minimum absolute atomic E-state index is 0.343. The molecule has 1 aromatic heterocycles. The molecule has 0 bridgehead atoms. The first-order valence-corrected chi connectivity index (χ1v) is 9.60. The fraction of sp³-hybridized carbons (Fsp3) is 0.600. The van der Waals surface area contributed by atoms with Crippen molar-refractivity contribution in [3.05, 3.63) is 30.0 Å². The molecule has 4 nitrogen and oxygen atoms in total. The molecule has 0 amide bonds. The van der Waals surface area contributed by atoms with Gasteiger partial charge in [0, 0.05) is 36.7 Å². The Balaban J connectivity index is 1.37. The van der Waals surface area contributed by atoms with Crippen molar-refractivity contribution in [2.24, 2.45) is 0 Å². The highest BCUT2D eigenvalue weighted by Crippen LogP contribution is 2.28. The van der Waals surface area contributed by atoms with Gasteiger partial charge in [0.15, 0.2) is 0 Å². The zero-order chi connectivity index (χ0) is 17.9. The number of ether oxygens (including phenoxy) is 2. The third kappa shape index (κ3) is 4.18. The van der Waals surface area contributed by atoms with Crippen molar-refractivity contribution in [3.63, 3.8) is 0 Å². The summed E-state index contributed by atoms with van der Waals surface area (Å²) in [5.41, 5.74) is 2.36. The predicted octanol–water partition coefficient (Wildman–Crippen LogP) is 4.35. The first-order chi connectivity index (χ1) is 12.7. The van der Waals surface area contributed by atoms with E-state index in [0.29, 0.717) is 19.1 Å². The van der Waals surface area contributed by atoms with Gasteiger partial charge in [-0.3, -0.25) is 0 Å². The Bertz CT molecular complexity index is 728. The molecule has 1 aliphatic heterocycles. The highest BCUT2D eigenvalue weighted by atomic mass is 19.3. The van der Waals surface area contributed by atoms with Crippen molar-refractivity contribution in [2.75, 3.05) is 19.6 Å². The molecule has 1 aromatic carbocycles. The SMILES string of the molecule is FC(F)O[C@H]1CCN(CCc2c[nH]c3ccc(OC4CCCC4)cc23)C1. The van der Waals surface area contributed by atoms with E-state index in [1.165, 1.54) is 23.8 Å². The minimum Gasteiger partial charge on any atom is -0.490 e. The number of aromatic amines is 1. The molecule has 2 aliphatic rings. The van der Waals surface area contributed by atoms with Crippen molar-refractivity contribution < 1.29 is 18.3 Å². The van der Waals surface area contributed by atoms with Crippen LogP contribution in [0, 0.1) is 0 Å². The molecule has 1 saturated heterocycles. The Morgan fingerprint density at radius 1 is 1.15 bits per heavy atom. The Morgan fingerprint density at radius 2 is 2.00 bits per heavy atom. The summed E-state index contributed by atoms with van der Waals surface area (Å²) < 4.78 is 35.4. The monoisotopic (exact) mass is 364 g/mol. The van der Waals surface area contributed by atoms with Crippen molar-refractivity contribution in [2.45, 2.75) is 57.3 Å².